The highest BCUT2D eigenvalue weighted by Crippen LogP contribution is 2.44. The molecule has 0 aliphatic carbocycles. The molecule has 0 amide bonds. The molecule has 0 aliphatic rings. The van der Waals surface area contributed by atoms with Gasteiger partial charge in [0.2, 0.25) is 0 Å². The molecule has 2 aromatic heterocycles. The minimum Gasteiger partial charge on any atom is -0.455 e. The lowest BCUT2D eigenvalue weighted by Gasteiger charge is -2.26. The fourth-order valence-electron chi connectivity index (χ4n) is 10.9. The van der Waals surface area contributed by atoms with Crippen molar-refractivity contribution in [3.63, 3.8) is 0 Å². The van der Waals surface area contributed by atoms with E-state index in [1.807, 2.05) is 0 Å². The van der Waals surface area contributed by atoms with Gasteiger partial charge in [0.15, 0.2) is 0 Å². The Kier molecular flexibility index (Phi) is 9.53. The van der Waals surface area contributed by atoms with Crippen LogP contribution >= 0.6 is 0 Å². The fourth-order valence-corrected chi connectivity index (χ4v) is 10.9. The number of rotatable bonds is 8. The van der Waals surface area contributed by atoms with Gasteiger partial charge in [-0.15, -0.1) is 0 Å². The maximum Gasteiger partial charge on any atom is 0.143 e. The van der Waals surface area contributed by atoms with Gasteiger partial charge in [0, 0.05) is 49.4 Å². The average Bonchev–Trinajstić information content (AvgIpc) is 4.04. The van der Waals surface area contributed by atoms with Gasteiger partial charge in [-0.2, -0.15) is 0 Å². The molecule has 14 aromatic rings. The van der Waals surface area contributed by atoms with Crippen molar-refractivity contribution in [2.45, 2.75) is 0 Å². The van der Waals surface area contributed by atoms with Crippen molar-refractivity contribution < 1.29 is 8.83 Å². The lowest BCUT2D eigenvalue weighted by molar-refractivity contribution is 0.672. The highest BCUT2D eigenvalue weighted by Gasteiger charge is 2.19. The second-order valence-corrected chi connectivity index (χ2v) is 18.4. The second-order valence-electron chi connectivity index (χ2n) is 18.4. The van der Waals surface area contributed by atoms with Gasteiger partial charge in [-0.25, -0.2) is 0 Å². The molecule has 0 spiro atoms. The van der Waals surface area contributed by atoms with E-state index in [2.05, 4.69) is 266 Å². The highest BCUT2D eigenvalue weighted by atomic mass is 16.3. The van der Waals surface area contributed by atoms with E-state index in [1.54, 1.807) is 0 Å². The third-order valence-corrected chi connectivity index (χ3v) is 14.3. The highest BCUT2D eigenvalue weighted by molar-refractivity contribution is 6.20. The summed E-state index contributed by atoms with van der Waals surface area (Å²) < 4.78 is 13.2. The number of benzene rings is 12. The summed E-state index contributed by atoms with van der Waals surface area (Å²) in [5.74, 6) is 0. The Bertz CT molecular complexity index is 4100. The van der Waals surface area contributed by atoms with Gasteiger partial charge in [-0.1, -0.05) is 194 Å². The van der Waals surface area contributed by atoms with E-state index in [9.17, 15) is 0 Å². The minimum absolute atomic E-state index is 0.887. The smallest absolute Gasteiger partial charge is 0.143 e. The number of fused-ring (bicyclic) bond motifs is 10. The standard InChI is InChI=1S/C68H43NO2/c1-3-13-45(14-4-1)55-40-33-51(43-62(55)46-15-5-2-6-16-46)44-25-34-52(35-26-44)69(53-36-27-49(28-37-53)56-21-11-23-63-65(56)60-41-31-47-17-7-9-19-58(47)67(60)70-63)54-38-29-50(30-39-54)57-22-12-24-64-66(57)61-42-32-48-18-8-10-20-59(48)68(61)71-64/h1-43H. The van der Waals surface area contributed by atoms with Crippen LogP contribution in [0, 0.1) is 0 Å². The molecule has 0 fully saturated rings. The SMILES string of the molecule is c1ccc(-c2ccc(-c3ccc(N(c4ccc(-c5cccc6oc7c8ccccc8ccc7c56)cc4)c4ccc(-c5cccc6oc7c8ccccc8ccc7c56)cc4)cc3)cc2-c2ccccc2)cc1. The van der Waals surface area contributed by atoms with Crippen LogP contribution in [0.3, 0.4) is 0 Å². The zero-order valence-electron chi connectivity index (χ0n) is 38.6. The molecule has 0 unspecified atom stereocenters. The largest absolute Gasteiger partial charge is 0.455 e. The molecular formula is C68H43NO2. The molecule has 0 saturated carbocycles. The maximum absolute atomic E-state index is 6.59. The van der Waals surface area contributed by atoms with E-state index >= 15 is 0 Å². The molecule has 3 heteroatoms. The normalized spacial score (nSPS) is 11.7. The van der Waals surface area contributed by atoms with E-state index in [-0.39, 0.29) is 0 Å². The van der Waals surface area contributed by atoms with Crippen molar-refractivity contribution in [3.05, 3.63) is 261 Å². The van der Waals surface area contributed by atoms with Crippen molar-refractivity contribution in [2.75, 3.05) is 4.90 Å². The van der Waals surface area contributed by atoms with Crippen molar-refractivity contribution in [1.82, 2.24) is 0 Å². The maximum atomic E-state index is 6.59. The summed E-state index contributed by atoms with van der Waals surface area (Å²) in [6.45, 7) is 0. The molecule has 0 N–H and O–H groups in total. The van der Waals surface area contributed by atoms with E-state index in [1.165, 1.54) is 38.6 Å². The number of furan rings is 2. The van der Waals surface area contributed by atoms with E-state index in [4.69, 9.17) is 8.83 Å². The van der Waals surface area contributed by atoms with E-state index in [0.29, 0.717) is 0 Å². The van der Waals surface area contributed by atoms with E-state index < -0.39 is 0 Å². The van der Waals surface area contributed by atoms with Gasteiger partial charge in [-0.05, 0) is 133 Å². The van der Waals surface area contributed by atoms with Gasteiger partial charge in [0.25, 0.3) is 0 Å². The molecule has 0 radical (unpaired) electrons. The summed E-state index contributed by atoms with van der Waals surface area (Å²) in [6.07, 6.45) is 0. The monoisotopic (exact) mass is 905 g/mol. The Hall–Kier alpha value is -9.44. The molecule has 3 nitrogen and oxygen atoms in total. The summed E-state index contributed by atoms with van der Waals surface area (Å²) in [5, 5.41) is 9.10. The van der Waals surface area contributed by atoms with Crippen LogP contribution in [0.2, 0.25) is 0 Å². The summed E-state index contributed by atoms with van der Waals surface area (Å²) in [5.41, 5.74) is 18.5. The molecule has 2 heterocycles. The number of nitrogens with zero attached hydrogens (tertiary/aromatic N) is 1. The average molecular weight is 906 g/mol. The summed E-state index contributed by atoms with van der Waals surface area (Å²) >= 11 is 0. The van der Waals surface area contributed by atoms with Crippen LogP contribution in [0.15, 0.2) is 270 Å². The van der Waals surface area contributed by atoms with Crippen LogP contribution < -0.4 is 4.90 Å². The molecule has 332 valence electrons. The third kappa shape index (κ3) is 6.89. The van der Waals surface area contributed by atoms with Crippen LogP contribution in [-0.2, 0) is 0 Å². The zero-order valence-corrected chi connectivity index (χ0v) is 38.6. The van der Waals surface area contributed by atoms with Gasteiger partial charge in [-0.3, -0.25) is 0 Å². The van der Waals surface area contributed by atoms with Gasteiger partial charge in [0.1, 0.15) is 22.3 Å². The van der Waals surface area contributed by atoms with Crippen LogP contribution in [0.4, 0.5) is 17.1 Å². The fraction of sp³-hybridized carbons (Fsp3) is 0. The van der Waals surface area contributed by atoms with Crippen LogP contribution in [0.25, 0.3) is 121 Å². The number of hydrogen-bond donors (Lipinski definition) is 0. The lowest BCUT2D eigenvalue weighted by atomic mass is 9.91. The predicted molar refractivity (Wildman–Crippen MR) is 298 cm³/mol. The number of hydrogen-bond acceptors (Lipinski definition) is 3. The van der Waals surface area contributed by atoms with Gasteiger partial charge < -0.3 is 13.7 Å². The molecule has 0 aliphatic heterocycles. The first-order valence-electron chi connectivity index (χ1n) is 24.2. The first kappa shape index (κ1) is 40.6. The Labute approximate surface area is 410 Å². The van der Waals surface area contributed by atoms with Crippen molar-refractivity contribution >= 4 is 82.5 Å². The summed E-state index contributed by atoms with van der Waals surface area (Å²) in [6, 6.07) is 93.6. The molecule has 0 atom stereocenters. The number of anilines is 3. The van der Waals surface area contributed by atoms with Gasteiger partial charge in [0.05, 0.1) is 0 Å². The summed E-state index contributed by atoms with van der Waals surface area (Å²) in [4.78, 5) is 2.35. The molecule has 0 saturated heterocycles. The third-order valence-electron chi connectivity index (χ3n) is 14.3. The molecule has 12 aromatic carbocycles. The molecular weight excluding hydrogens is 863 g/mol. The molecule has 14 rings (SSSR count). The predicted octanol–water partition coefficient (Wildman–Crippen LogP) is 19.6. The van der Waals surface area contributed by atoms with Crippen LogP contribution in [0.5, 0.6) is 0 Å². The molecule has 0 bridgehead atoms. The van der Waals surface area contributed by atoms with Crippen LogP contribution in [-0.4, -0.2) is 0 Å². The first-order valence-corrected chi connectivity index (χ1v) is 24.2. The quantitative estimate of drug-likeness (QED) is 0.152. The van der Waals surface area contributed by atoms with Crippen LogP contribution in [0.1, 0.15) is 0 Å². The Morgan fingerprint density at radius 3 is 1.14 bits per heavy atom. The Morgan fingerprint density at radius 2 is 0.648 bits per heavy atom. The zero-order chi connectivity index (χ0) is 46.8. The Balaban J connectivity index is 0.871. The second kappa shape index (κ2) is 16.7. The summed E-state index contributed by atoms with van der Waals surface area (Å²) in [7, 11) is 0. The van der Waals surface area contributed by atoms with E-state index in [0.717, 1.165) is 99.5 Å². The topological polar surface area (TPSA) is 29.5 Å². The lowest BCUT2D eigenvalue weighted by Crippen LogP contribution is -2.09. The molecule has 71 heavy (non-hydrogen) atoms. The van der Waals surface area contributed by atoms with Crippen molar-refractivity contribution in [2.24, 2.45) is 0 Å². The minimum atomic E-state index is 0.887. The Morgan fingerprint density at radius 1 is 0.239 bits per heavy atom. The van der Waals surface area contributed by atoms with Crippen molar-refractivity contribution in [1.29, 1.82) is 0 Å². The van der Waals surface area contributed by atoms with Gasteiger partial charge >= 0.3 is 0 Å². The first-order chi connectivity index (χ1) is 35.2. The van der Waals surface area contributed by atoms with Crippen molar-refractivity contribution in [3.8, 4) is 55.6 Å².